The monoisotopic (exact) mass is 318 g/mol. The molecule has 3 rings (SSSR count). The summed E-state index contributed by atoms with van der Waals surface area (Å²) in [5.41, 5.74) is 3.43. The van der Waals surface area contributed by atoms with Crippen LogP contribution in [-0.4, -0.2) is 20.2 Å². The fraction of sp³-hybridized carbons (Fsp3) is 0.200. The van der Waals surface area contributed by atoms with Gasteiger partial charge in [0.15, 0.2) is 0 Å². The summed E-state index contributed by atoms with van der Waals surface area (Å²) in [6, 6.07) is 14.4. The normalized spacial score (nSPS) is 13.7. The van der Waals surface area contributed by atoms with Crippen LogP contribution in [0.2, 0.25) is 0 Å². The van der Waals surface area contributed by atoms with Crippen LogP contribution in [0.1, 0.15) is 0 Å². The number of benzene rings is 2. The van der Waals surface area contributed by atoms with Crippen LogP contribution in [-0.2, 0) is 0 Å². The smallest absolute Gasteiger partial charge is 0.142 e. The van der Waals surface area contributed by atoms with E-state index in [0.717, 1.165) is 34.7 Å². The maximum Gasteiger partial charge on any atom is 0.142 e. The first-order chi connectivity index (χ1) is 9.29. The molecule has 19 heavy (non-hydrogen) atoms. The minimum absolute atomic E-state index is 0.901. The second-order valence-corrected chi connectivity index (χ2v) is 5.33. The van der Waals surface area contributed by atoms with E-state index >= 15 is 0 Å². The number of nitrogens with one attached hydrogen (secondary N) is 1. The zero-order valence-electron chi connectivity index (χ0n) is 10.7. The van der Waals surface area contributed by atoms with Crippen molar-refractivity contribution in [1.29, 1.82) is 0 Å². The third kappa shape index (κ3) is 2.28. The van der Waals surface area contributed by atoms with Crippen LogP contribution in [0.25, 0.3) is 0 Å². The molecule has 4 heteroatoms. The maximum atomic E-state index is 5.47. The molecule has 0 saturated carbocycles. The van der Waals surface area contributed by atoms with Gasteiger partial charge in [0.2, 0.25) is 0 Å². The van der Waals surface area contributed by atoms with Crippen LogP contribution in [0.15, 0.2) is 46.9 Å². The number of hydrogen-bond donors (Lipinski definition) is 1. The summed E-state index contributed by atoms with van der Waals surface area (Å²) in [7, 11) is 1.71. The van der Waals surface area contributed by atoms with E-state index in [9.17, 15) is 0 Å². The van der Waals surface area contributed by atoms with E-state index in [0.29, 0.717) is 0 Å². The van der Waals surface area contributed by atoms with Crippen molar-refractivity contribution in [3.8, 4) is 5.75 Å². The molecule has 1 aliphatic rings. The lowest BCUT2D eigenvalue weighted by Gasteiger charge is -2.33. The summed E-state index contributed by atoms with van der Waals surface area (Å²) >= 11 is 3.51. The Hall–Kier alpha value is -1.68. The van der Waals surface area contributed by atoms with Gasteiger partial charge in [-0.3, -0.25) is 0 Å². The predicted octanol–water partition coefficient (Wildman–Crippen LogP) is 4.02. The van der Waals surface area contributed by atoms with Gasteiger partial charge < -0.3 is 15.0 Å². The molecule has 3 nitrogen and oxygen atoms in total. The van der Waals surface area contributed by atoms with Gasteiger partial charge >= 0.3 is 0 Å². The predicted molar refractivity (Wildman–Crippen MR) is 82.6 cm³/mol. The third-order valence-electron chi connectivity index (χ3n) is 3.28. The quantitative estimate of drug-likeness (QED) is 0.905. The molecule has 0 unspecified atom stereocenters. The standard InChI is InChI=1S/C15H15BrN2O/c1-19-15-5-3-2-4-14(15)18-9-8-17-12-10-11(16)6-7-13(12)18/h2-7,10,17H,8-9H2,1H3. The number of para-hydroxylation sites is 2. The molecule has 2 aromatic rings. The van der Waals surface area contributed by atoms with Gasteiger partial charge in [-0.1, -0.05) is 28.1 Å². The highest BCUT2D eigenvalue weighted by Crippen LogP contribution is 2.39. The first-order valence-electron chi connectivity index (χ1n) is 6.23. The van der Waals surface area contributed by atoms with Gasteiger partial charge in [-0.2, -0.15) is 0 Å². The summed E-state index contributed by atoms with van der Waals surface area (Å²) in [4.78, 5) is 2.29. The molecule has 1 aliphatic heterocycles. The van der Waals surface area contributed by atoms with Crippen LogP contribution in [0.4, 0.5) is 17.1 Å². The second kappa shape index (κ2) is 5.13. The van der Waals surface area contributed by atoms with Gasteiger partial charge in [0, 0.05) is 17.6 Å². The Morgan fingerprint density at radius 2 is 2.00 bits per heavy atom. The summed E-state index contributed by atoms with van der Waals surface area (Å²) in [6.45, 7) is 1.84. The van der Waals surface area contributed by atoms with Crippen LogP contribution in [0, 0.1) is 0 Å². The highest BCUT2D eigenvalue weighted by Gasteiger charge is 2.20. The number of halogens is 1. The minimum Gasteiger partial charge on any atom is -0.495 e. The van der Waals surface area contributed by atoms with Crippen molar-refractivity contribution < 1.29 is 4.74 Å². The zero-order valence-corrected chi connectivity index (χ0v) is 12.3. The van der Waals surface area contributed by atoms with Gasteiger partial charge in [-0.25, -0.2) is 0 Å². The van der Waals surface area contributed by atoms with E-state index in [1.807, 2.05) is 18.2 Å². The van der Waals surface area contributed by atoms with Crippen LogP contribution >= 0.6 is 15.9 Å². The molecule has 98 valence electrons. The Bertz CT molecular complexity index is 600. The van der Waals surface area contributed by atoms with E-state index in [4.69, 9.17) is 4.74 Å². The molecular weight excluding hydrogens is 304 g/mol. The Morgan fingerprint density at radius 1 is 1.16 bits per heavy atom. The SMILES string of the molecule is COc1ccccc1N1CCNc2cc(Br)ccc21. The average molecular weight is 319 g/mol. The topological polar surface area (TPSA) is 24.5 Å². The number of methoxy groups -OCH3 is 1. The molecule has 1 N–H and O–H groups in total. The first kappa shape index (κ1) is 12.4. The molecule has 1 heterocycles. The number of nitrogens with zero attached hydrogens (tertiary/aromatic N) is 1. The van der Waals surface area contributed by atoms with Crippen molar-refractivity contribution in [2.45, 2.75) is 0 Å². The molecule has 0 saturated heterocycles. The molecule has 0 bridgehead atoms. The molecule has 0 fully saturated rings. The van der Waals surface area contributed by atoms with E-state index < -0.39 is 0 Å². The lowest BCUT2D eigenvalue weighted by molar-refractivity contribution is 0.415. The van der Waals surface area contributed by atoms with Crippen molar-refractivity contribution in [3.63, 3.8) is 0 Å². The fourth-order valence-corrected chi connectivity index (χ4v) is 2.77. The van der Waals surface area contributed by atoms with Crippen molar-refractivity contribution in [2.24, 2.45) is 0 Å². The molecule has 0 aromatic heterocycles. The summed E-state index contributed by atoms with van der Waals surface area (Å²) in [5.74, 6) is 0.901. The first-order valence-corrected chi connectivity index (χ1v) is 7.03. The number of ether oxygens (including phenoxy) is 1. The average Bonchev–Trinajstić information content (AvgIpc) is 2.46. The number of fused-ring (bicyclic) bond motifs is 1. The highest BCUT2D eigenvalue weighted by atomic mass is 79.9. The van der Waals surface area contributed by atoms with Gasteiger partial charge in [0.1, 0.15) is 5.75 Å². The summed E-state index contributed by atoms with van der Waals surface area (Å²) in [6.07, 6.45) is 0. The molecule has 0 radical (unpaired) electrons. The minimum atomic E-state index is 0.901. The van der Waals surface area contributed by atoms with Crippen LogP contribution in [0.3, 0.4) is 0 Å². The molecule has 0 aliphatic carbocycles. The van der Waals surface area contributed by atoms with E-state index in [1.54, 1.807) is 7.11 Å². The molecule has 0 atom stereocenters. The number of anilines is 3. The molecule has 0 amide bonds. The lowest BCUT2D eigenvalue weighted by atomic mass is 10.1. The maximum absolute atomic E-state index is 5.47. The molecule has 0 spiro atoms. The Kier molecular flexibility index (Phi) is 3.34. The van der Waals surface area contributed by atoms with Crippen LogP contribution in [0.5, 0.6) is 5.75 Å². The van der Waals surface area contributed by atoms with Crippen molar-refractivity contribution in [1.82, 2.24) is 0 Å². The van der Waals surface area contributed by atoms with E-state index in [1.165, 1.54) is 5.69 Å². The van der Waals surface area contributed by atoms with E-state index in [-0.39, 0.29) is 0 Å². The van der Waals surface area contributed by atoms with Gasteiger partial charge in [0.25, 0.3) is 0 Å². The Morgan fingerprint density at radius 3 is 2.84 bits per heavy atom. The summed E-state index contributed by atoms with van der Waals surface area (Å²) in [5, 5.41) is 3.43. The fourth-order valence-electron chi connectivity index (χ4n) is 2.41. The Labute approximate surface area is 121 Å². The summed E-state index contributed by atoms with van der Waals surface area (Å²) < 4.78 is 6.55. The Balaban J connectivity index is 2.08. The number of hydrogen-bond acceptors (Lipinski definition) is 3. The van der Waals surface area contributed by atoms with Gasteiger partial charge in [-0.15, -0.1) is 0 Å². The zero-order chi connectivity index (χ0) is 13.2. The lowest BCUT2D eigenvalue weighted by Crippen LogP contribution is -2.30. The van der Waals surface area contributed by atoms with Crippen molar-refractivity contribution in [3.05, 3.63) is 46.9 Å². The van der Waals surface area contributed by atoms with Gasteiger partial charge in [0.05, 0.1) is 24.2 Å². The highest BCUT2D eigenvalue weighted by molar-refractivity contribution is 9.10. The van der Waals surface area contributed by atoms with Crippen molar-refractivity contribution in [2.75, 3.05) is 30.4 Å². The molecular formula is C15H15BrN2O. The molecule has 2 aromatic carbocycles. The van der Waals surface area contributed by atoms with Crippen LogP contribution < -0.4 is 15.0 Å². The van der Waals surface area contributed by atoms with Crippen molar-refractivity contribution >= 4 is 33.0 Å². The van der Waals surface area contributed by atoms with Gasteiger partial charge in [-0.05, 0) is 30.3 Å². The number of rotatable bonds is 2. The second-order valence-electron chi connectivity index (χ2n) is 4.41. The largest absolute Gasteiger partial charge is 0.495 e. The van der Waals surface area contributed by atoms with E-state index in [2.05, 4.69) is 50.4 Å². The third-order valence-corrected chi connectivity index (χ3v) is 3.77.